The van der Waals surface area contributed by atoms with Gasteiger partial charge in [-0.25, -0.2) is 9.18 Å². The molecule has 2 aromatic carbocycles. The molecule has 0 unspecified atom stereocenters. The van der Waals surface area contributed by atoms with Gasteiger partial charge in [-0.2, -0.15) is 0 Å². The number of carboxylic acids is 1. The molecule has 0 bridgehead atoms. The summed E-state index contributed by atoms with van der Waals surface area (Å²) in [4.78, 5) is 21.8. The second-order valence-corrected chi connectivity index (χ2v) is 8.74. The van der Waals surface area contributed by atoms with Crippen LogP contribution in [0.2, 0.25) is 0 Å². The van der Waals surface area contributed by atoms with Crippen LogP contribution in [0.15, 0.2) is 42.6 Å². The zero-order valence-electron chi connectivity index (χ0n) is 18.5. The maximum atomic E-state index is 14.5. The van der Waals surface area contributed by atoms with Gasteiger partial charge in [0.2, 0.25) is 0 Å². The number of carbonyl (C=O) groups is 1. The van der Waals surface area contributed by atoms with Crippen molar-refractivity contribution in [1.82, 2.24) is 15.0 Å². The lowest BCUT2D eigenvalue weighted by Gasteiger charge is -2.14. The third-order valence-corrected chi connectivity index (χ3v) is 6.11. The molecule has 168 valence electrons. The van der Waals surface area contributed by atoms with E-state index in [4.69, 9.17) is 0 Å². The lowest BCUT2D eigenvalue weighted by atomic mass is 9.88. The molecular weight excluding hydrogens is 421 g/mol. The van der Waals surface area contributed by atoms with Gasteiger partial charge >= 0.3 is 5.97 Å². The highest BCUT2D eigenvalue weighted by Crippen LogP contribution is 2.44. The average molecular weight is 445 g/mol. The topological polar surface area (TPSA) is 105 Å². The molecule has 5 aromatic rings. The number of aryl methyl sites for hydroxylation is 1. The van der Waals surface area contributed by atoms with Crippen molar-refractivity contribution in [2.24, 2.45) is 0 Å². The minimum atomic E-state index is -1.09. The maximum Gasteiger partial charge on any atom is 0.352 e. The Balaban J connectivity index is 1.91. The molecule has 0 atom stereocenters. The Morgan fingerprint density at radius 2 is 1.82 bits per heavy atom. The van der Waals surface area contributed by atoms with Crippen molar-refractivity contribution in [2.75, 3.05) is 0 Å². The van der Waals surface area contributed by atoms with E-state index in [1.165, 1.54) is 12.1 Å². The van der Waals surface area contributed by atoms with E-state index in [-0.39, 0.29) is 18.2 Å². The molecule has 0 radical (unpaired) electrons. The fourth-order valence-corrected chi connectivity index (χ4v) is 4.81. The molecule has 33 heavy (non-hydrogen) atoms. The van der Waals surface area contributed by atoms with Gasteiger partial charge in [-0.1, -0.05) is 19.9 Å². The number of rotatable bonds is 5. The molecule has 0 saturated heterocycles. The quantitative estimate of drug-likeness (QED) is 0.227. The molecule has 3 heterocycles. The number of fused-ring (bicyclic) bond motifs is 2. The van der Waals surface area contributed by atoms with Crippen molar-refractivity contribution in [2.45, 2.75) is 33.3 Å². The molecule has 0 saturated carbocycles. The van der Waals surface area contributed by atoms with Crippen molar-refractivity contribution in [3.63, 3.8) is 0 Å². The van der Waals surface area contributed by atoms with Crippen LogP contribution in [0.1, 0.15) is 47.1 Å². The van der Waals surface area contributed by atoms with Crippen molar-refractivity contribution < 1.29 is 19.4 Å². The molecule has 0 amide bonds. The molecule has 0 spiro atoms. The highest BCUT2D eigenvalue weighted by Gasteiger charge is 2.28. The Morgan fingerprint density at radius 1 is 1.03 bits per heavy atom. The van der Waals surface area contributed by atoms with Crippen LogP contribution in [0.25, 0.3) is 44.2 Å². The summed E-state index contributed by atoms with van der Waals surface area (Å²) >= 11 is 0. The zero-order valence-corrected chi connectivity index (χ0v) is 18.5. The predicted molar refractivity (Wildman–Crippen MR) is 127 cm³/mol. The first-order valence-corrected chi connectivity index (χ1v) is 10.8. The van der Waals surface area contributed by atoms with Gasteiger partial charge in [0.25, 0.3) is 0 Å². The highest BCUT2D eigenvalue weighted by molar-refractivity contribution is 6.07. The van der Waals surface area contributed by atoms with Gasteiger partial charge in [-0.3, -0.25) is 0 Å². The first kappa shape index (κ1) is 21.0. The minimum Gasteiger partial charge on any atom is -0.477 e. The molecular formula is C26H24FN3O3. The highest BCUT2D eigenvalue weighted by atomic mass is 19.1. The maximum absolute atomic E-state index is 14.5. The number of carboxylic acid groups (broad SMARTS) is 1. The monoisotopic (exact) mass is 445 g/mol. The van der Waals surface area contributed by atoms with Crippen LogP contribution in [0, 0.1) is 12.7 Å². The second-order valence-electron chi connectivity index (χ2n) is 8.74. The van der Waals surface area contributed by atoms with Crippen LogP contribution in [0.3, 0.4) is 0 Å². The van der Waals surface area contributed by atoms with E-state index in [1.807, 2.05) is 45.0 Å². The molecule has 3 aromatic heterocycles. The Kier molecular flexibility index (Phi) is 4.87. The standard InChI is InChI=1S/C26H24FN3O3/c1-12(2)22-23(18-6-13(3)7-21-17(18)10-15(11-31)29-21)25(26(32)33)30-24(22)19-8-14(27)9-20-16(19)4-5-28-20/h4-10,12,28-31H,11H2,1-3H3,(H,32,33). The number of nitrogens with one attached hydrogen (secondary N) is 3. The fourth-order valence-electron chi connectivity index (χ4n) is 4.81. The second kappa shape index (κ2) is 7.64. The van der Waals surface area contributed by atoms with Gasteiger partial charge in [0, 0.05) is 44.8 Å². The lowest BCUT2D eigenvalue weighted by Crippen LogP contribution is -2.00. The molecule has 6 nitrogen and oxygen atoms in total. The van der Waals surface area contributed by atoms with E-state index in [2.05, 4.69) is 15.0 Å². The van der Waals surface area contributed by atoms with Gasteiger partial charge in [0.1, 0.15) is 11.5 Å². The fraction of sp³-hybridized carbons (Fsp3) is 0.192. The number of aromatic nitrogens is 3. The molecule has 0 aliphatic carbocycles. The largest absolute Gasteiger partial charge is 0.477 e. The number of H-pyrrole nitrogens is 3. The summed E-state index contributed by atoms with van der Waals surface area (Å²) < 4.78 is 14.5. The van der Waals surface area contributed by atoms with E-state index >= 15 is 0 Å². The van der Waals surface area contributed by atoms with Crippen LogP contribution in [-0.2, 0) is 6.61 Å². The summed E-state index contributed by atoms with van der Waals surface area (Å²) in [5.41, 5.74) is 6.46. The Labute approximate surface area is 189 Å². The third-order valence-electron chi connectivity index (χ3n) is 6.11. The predicted octanol–water partition coefficient (Wildman–Crippen LogP) is 6.07. The number of hydrogen-bond acceptors (Lipinski definition) is 2. The third kappa shape index (κ3) is 3.32. The number of benzene rings is 2. The van der Waals surface area contributed by atoms with Gasteiger partial charge in [0.05, 0.1) is 12.3 Å². The number of hydrogen-bond donors (Lipinski definition) is 5. The summed E-state index contributed by atoms with van der Waals surface area (Å²) in [5, 5.41) is 21.4. The van der Waals surface area contributed by atoms with Gasteiger partial charge in [-0.15, -0.1) is 0 Å². The lowest BCUT2D eigenvalue weighted by molar-refractivity contribution is 0.0692. The number of aromatic amines is 3. The van der Waals surface area contributed by atoms with E-state index in [0.29, 0.717) is 28.0 Å². The van der Waals surface area contributed by atoms with Crippen molar-refractivity contribution >= 4 is 27.8 Å². The molecule has 5 N–H and O–H groups in total. The van der Waals surface area contributed by atoms with Crippen LogP contribution in [0.4, 0.5) is 4.39 Å². The number of halogens is 1. The van der Waals surface area contributed by atoms with Gasteiger partial charge in [-0.05, 0) is 59.9 Å². The Hall–Kier alpha value is -3.84. The summed E-state index contributed by atoms with van der Waals surface area (Å²) in [6, 6.07) is 10.5. The Morgan fingerprint density at radius 3 is 2.52 bits per heavy atom. The number of aromatic carboxylic acids is 1. The van der Waals surface area contributed by atoms with E-state index in [9.17, 15) is 19.4 Å². The van der Waals surface area contributed by atoms with E-state index in [1.54, 1.807) is 6.20 Å². The van der Waals surface area contributed by atoms with Crippen molar-refractivity contribution in [3.05, 3.63) is 70.9 Å². The molecule has 7 heteroatoms. The molecule has 0 aliphatic heterocycles. The van der Waals surface area contributed by atoms with Crippen molar-refractivity contribution in [3.8, 4) is 22.4 Å². The minimum absolute atomic E-state index is 0.0524. The Bertz CT molecular complexity index is 1540. The van der Waals surface area contributed by atoms with E-state index in [0.717, 1.165) is 33.0 Å². The van der Waals surface area contributed by atoms with E-state index < -0.39 is 11.8 Å². The van der Waals surface area contributed by atoms with Crippen LogP contribution < -0.4 is 0 Å². The van der Waals surface area contributed by atoms with Crippen LogP contribution in [-0.4, -0.2) is 31.1 Å². The number of aliphatic hydroxyl groups is 1. The van der Waals surface area contributed by atoms with Gasteiger partial charge < -0.3 is 25.2 Å². The summed E-state index contributed by atoms with van der Waals surface area (Å²) in [6.07, 6.45) is 1.74. The summed E-state index contributed by atoms with van der Waals surface area (Å²) in [6.45, 7) is 5.79. The molecule has 0 aliphatic rings. The van der Waals surface area contributed by atoms with Crippen molar-refractivity contribution in [1.29, 1.82) is 0 Å². The first-order valence-electron chi connectivity index (χ1n) is 10.8. The normalized spacial score (nSPS) is 11.8. The summed E-state index contributed by atoms with van der Waals surface area (Å²) in [7, 11) is 0. The van der Waals surface area contributed by atoms with Crippen LogP contribution >= 0.6 is 0 Å². The molecule has 0 fully saturated rings. The smallest absolute Gasteiger partial charge is 0.352 e. The summed E-state index contributed by atoms with van der Waals surface area (Å²) in [5.74, 6) is -1.55. The SMILES string of the molecule is Cc1cc(-c2c(C(=O)O)[nH]c(-c3cc(F)cc4[nH]ccc34)c2C(C)C)c2cc(CO)[nH]c2c1. The van der Waals surface area contributed by atoms with Gasteiger partial charge in [0.15, 0.2) is 0 Å². The first-order chi connectivity index (χ1) is 15.8. The number of aliphatic hydroxyl groups excluding tert-OH is 1. The zero-order chi connectivity index (χ0) is 23.4. The van der Waals surface area contributed by atoms with Crippen LogP contribution in [0.5, 0.6) is 0 Å². The molecule has 5 rings (SSSR count). The average Bonchev–Trinajstić information content (AvgIpc) is 3.48.